The number of carbonyl (C=O) groups is 2. The van der Waals surface area contributed by atoms with Gasteiger partial charge in [-0.25, -0.2) is 4.98 Å². The molecule has 2 aromatic rings. The Labute approximate surface area is 127 Å². The number of aryl methyl sites for hydroxylation is 1. The lowest BCUT2D eigenvalue weighted by atomic mass is 10.0. The van der Waals surface area contributed by atoms with E-state index in [4.69, 9.17) is 9.63 Å². The van der Waals surface area contributed by atoms with Gasteiger partial charge in [0.2, 0.25) is 0 Å². The predicted octanol–water partition coefficient (Wildman–Crippen LogP) is 2.25. The van der Waals surface area contributed by atoms with Crippen LogP contribution in [0.15, 0.2) is 10.6 Å². The molecule has 22 heavy (non-hydrogen) atoms. The van der Waals surface area contributed by atoms with E-state index in [9.17, 15) is 9.59 Å². The van der Waals surface area contributed by atoms with Gasteiger partial charge in [-0.1, -0.05) is 19.0 Å². The molecule has 2 rings (SSSR count). The quantitative estimate of drug-likeness (QED) is 0.793. The summed E-state index contributed by atoms with van der Waals surface area (Å²) in [7, 11) is 0. The zero-order valence-corrected chi connectivity index (χ0v) is 12.8. The van der Waals surface area contributed by atoms with Crippen LogP contribution < -0.4 is 5.32 Å². The van der Waals surface area contributed by atoms with Crippen LogP contribution in [0.2, 0.25) is 0 Å². The van der Waals surface area contributed by atoms with Crippen molar-refractivity contribution in [2.45, 2.75) is 39.5 Å². The van der Waals surface area contributed by atoms with E-state index >= 15 is 0 Å². The molecule has 0 unspecified atom stereocenters. The number of hydrogen-bond donors (Lipinski definition) is 2. The van der Waals surface area contributed by atoms with Crippen LogP contribution >= 0.6 is 0 Å². The molecule has 0 aliphatic rings. The molecule has 0 aliphatic carbocycles. The lowest BCUT2D eigenvalue weighted by molar-refractivity contribution is -0.137. The van der Waals surface area contributed by atoms with Crippen LogP contribution in [-0.4, -0.2) is 33.7 Å². The summed E-state index contributed by atoms with van der Waals surface area (Å²) in [5.74, 6) is -1.05. The summed E-state index contributed by atoms with van der Waals surface area (Å²) in [5.41, 5.74) is 2.16. The van der Waals surface area contributed by atoms with E-state index in [2.05, 4.69) is 15.5 Å². The number of rotatable bonds is 6. The Bertz CT molecular complexity index is 706. The molecule has 0 radical (unpaired) electrons. The third-order valence-electron chi connectivity index (χ3n) is 3.25. The van der Waals surface area contributed by atoms with Crippen molar-refractivity contribution in [2.24, 2.45) is 0 Å². The van der Waals surface area contributed by atoms with Crippen LogP contribution in [-0.2, 0) is 4.79 Å². The number of nitrogens with one attached hydrogen (secondary N) is 1. The Morgan fingerprint density at radius 1 is 1.41 bits per heavy atom. The molecule has 0 aliphatic heterocycles. The number of hydrogen-bond acceptors (Lipinski definition) is 5. The number of pyridine rings is 1. The van der Waals surface area contributed by atoms with Gasteiger partial charge in [0.05, 0.1) is 16.6 Å². The molecule has 7 nitrogen and oxygen atoms in total. The van der Waals surface area contributed by atoms with Crippen LogP contribution in [0.4, 0.5) is 0 Å². The van der Waals surface area contributed by atoms with Crippen molar-refractivity contribution in [1.82, 2.24) is 15.5 Å². The molecule has 0 atom stereocenters. The lowest BCUT2D eigenvalue weighted by Gasteiger charge is -2.07. The average Bonchev–Trinajstić information content (AvgIpc) is 2.85. The van der Waals surface area contributed by atoms with Gasteiger partial charge in [-0.15, -0.1) is 0 Å². The number of carboxylic acids is 1. The van der Waals surface area contributed by atoms with E-state index in [1.165, 1.54) is 0 Å². The summed E-state index contributed by atoms with van der Waals surface area (Å²) in [6, 6.07) is 1.69. The summed E-state index contributed by atoms with van der Waals surface area (Å²) < 4.78 is 5.22. The fourth-order valence-corrected chi connectivity index (χ4v) is 2.21. The number of carbonyl (C=O) groups excluding carboxylic acids is 1. The van der Waals surface area contributed by atoms with Gasteiger partial charge in [0.1, 0.15) is 0 Å². The molecule has 0 bridgehead atoms. The molecule has 2 heterocycles. The maximum atomic E-state index is 12.4. The molecule has 2 N–H and O–H groups in total. The van der Waals surface area contributed by atoms with E-state index in [1.807, 2.05) is 13.8 Å². The first-order chi connectivity index (χ1) is 10.4. The molecule has 0 spiro atoms. The number of amides is 1. The van der Waals surface area contributed by atoms with Crippen molar-refractivity contribution < 1.29 is 19.2 Å². The van der Waals surface area contributed by atoms with Crippen LogP contribution in [0.3, 0.4) is 0 Å². The molecule has 1 amide bonds. The molecule has 0 saturated heterocycles. The highest BCUT2D eigenvalue weighted by atomic mass is 16.5. The standard InChI is InChI=1S/C15H19N3O4/c1-8(2)13-12-10(7-9(3)17-15(12)22-18-13)14(21)16-6-4-5-11(19)20/h7-8H,4-6H2,1-3H3,(H,16,21)(H,19,20). The molecule has 0 saturated carbocycles. The van der Waals surface area contributed by atoms with Gasteiger partial charge in [0.25, 0.3) is 11.6 Å². The van der Waals surface area contributed by atoms with Gasteiger partial charge in [0, 0.05) is 18.7 Å². The molecule has 2 aromatic heterocycles. The first kappa shape index (κ1) is 15.9. The first-order valence-corrected chi connectivity index (χ1v) is 7.17. The fraction of sp³-hybridized carbons (Fsp3) is 0.467. The Morgan fingerprint density at radius 3 is 2.77 bits per heavy atom. The predicted molar refractivity (Wildman–Crippen MR) is 79.8 cm³/mol. The highest BCUT2D eigenvalue weighted by molar-refractivity contribution is 6.06. The largest absolute Gasteiger partial charge is 0.481 e. The van der Waals surface area contributed by atoms with E-state index in [0.717, 1.165) is 0 Å². The van der Waals surface area contributed by atoms with E-state index in [0.29, 0.717) is 41.0 Å². The average molecular weight is 305 g/mol. The number of nitrogens with zero attached hydrogens (tertiary/aromatic N) is 2. The number of aliphatic carboxylic acids is 1. The van der Waals surface area contributed by atoms with Crippen molar-refractivity contribution >= 4 is 23.0 Å². The minimum absolute atomic E-state index is 0.0234. The molecule has 7 heteroatoms. The summed E-state index contributed by atoms with van der Waals surface area (Å²) in [6.45, 7) is 6.01. The maximum Gasteiger partial charge on any atom is 0.303 e. The minimum atomic E-state index is -0.877. The van der Waals surface area contributed by atoms with Crippen molar-refractivity contribution in [1.29, 1.82) is 0 Å². The highest BCUT2D eigenvalue weighted by Gasteiger charge is 2.21. The molecule has 118 valence electrons. The Balaban J connectivity index is 2.27. The van der Waals surface area contributed by atoms with E-state index in [-0.39, 0.29) is 18.2 Å². The first-order valence-electron chi connectivity index (χ1n) is 7.17. The topological polar surface area (TPSA) is 105 Å². The number of aromatic nitrogens is 2. The van der Waals surface area contributed by atoms with Crippen LogP contribution in [0.5, 0.6) is 0 Å². The Morgan fingerprint density at radius 2 is 2.14 bits per heavy atom. The zero-order chi connectivity index (χ0) is 16.3. The van der Waals surface area contributed by atoms with E-state index in [1.54, 1.807) is 13.0 Å². The van der Waals surface area contributed by atoms with Crippen LogP contribution in [0.25, 0.3) is 11.1 Å². The van der Waals surface area contributed by atoms with Gasteiger partial charge < -0.3 is 14.9 Å². The van der Waals surface area contributed by atoms with Gasteiger partial charge in [-0.2, -0.15) is 0 Å². The van der Waals surface area contributed by atoms with Crippen LogP contribution in [0, 0.1) is 6.92 Å². The normalized spacial score (nSPS) is 11.1. The van der Waals surface area contributed by atoms with Crippen molar-refractivity contribution in [3.05, 3.63) is 23.0 Å². The molecule has 0 aromatic carbocycles. The highest BCUT2D eigenvalue weighted by Crippen LogP contribution is 2.27. The second-order valence-corrected chi connectivity index (χ2v) is 5.47. The summed E-state index contributed by atoms with van der Waals surface area (Å²) >= 11 is 0. The maximum absolute atomic E-state index is 12.4. The number of fused-ring (bicyclic) bond motifs is 1. The Kier molecular flexibility index (Phi) is 4.75. The molecular weight excluding hydrogens is 286 g/mol. The van der Waals surface area contributed by atoms with Gasteiger partial charge in [-0.05, 0) is 25.3 Å². The van der Waals surface area contributed by atoms with Crippen molar-refractivity contribution in [2.75, 3.05) is 6.54 Å². The van der Waals surface area contributed by atoms with Gasteiger partial charge >= 0.3 is 5.97 Å². The monoisotopic (exact) mass is 305 g/mol. The second-order valence-electron chi connectivity index (χ2n) is 5.47. The van der Waals surface area contributed by atoms with Gasteiger partial charge in [-0.3, -0.25) is 9.59 Å². The smallest absolute Gasteiger partial charge is 0.303 e. The van der Waals surface area contributed by atoms with Crippen molar-refractivity contribution in [3.63, 3.8) is 0 Å². The fourth-order valence-electron chi connectivity index (χ4n) is 2.21. The van der Waals surface area contributed by atoms with E-state index < -0.39 is 5.97 Å². The molecule has 0 fully saturated rings. The van der Waals surface area contributed by atoms with Crippen molar-refractivity contribution in [3.8, 4) is 0 Å². The molecular formula is C15H19N3O4. The summed E-state index contributed by atoms with van der Waals surface area (Å²) in [4.78, 5) is 27.1. The van der Waals surface area contributed by atoms with Crippen LogP contribution in [0.1, 0.15) is 54.4 Å². The Hall–Kier alpha value is -2.44. The third kappa shape index (κ3) is 3.41. The lowest BCUT2D eigenvalue weighted by Crippen LogP contribution is -2.25. The van der Waals surface area contributed by atoms with Gasteiger partial charge in [0.15, 0.2) is 0 Å². The second kappa shape index (κ2) is 6.55. The summed E-state index contributed by atoms with van der Waals surface area (Å²) in [5, 5.41) is 16.0. The zero-order valence-electron chi connectivity index (χ0n) is 12.8. The summed E-state index contributed by atoms with van der Waals surface area (Å²) in [6.07, 6.45) is 0.407. The third-order valence-corrected chi connectivity index (χ3v) is 3.25. The number of carboxylic acid groups (broad SMARTS) is 1. The minimum Gasteiger partial charge on any atom is -0.481 e. The SMILES string of the molecule is Cc1cc(C(=O)NCCCC(=O)O)c2c(C(C)C)noc2n1.